The van der Waals surface area contributed by atoms with Gasteiger partial charge >= 0.3 is 0 Å². The van der Waals surface area contributed by atoms with Crippen molar-refractivity contribution in [2.24, 2.45) is 0 Å². The van der Waals surface area contributed by atoms with Crippen LogP contribution in [0.5, 0.6) is 0 Å². The van der Waals surface area contributed by atoms with Crippen LogP contribution in [0.25, 0.3) is 0 Å². The van der Waals surface area contributed by atoms with Crippen LogP contribution in [0.15, 0.2) is 23.8 Å². The van der Waals surface area contributed by atoms with E-state index in [1.165, 1.54) is 24.8 Å². The number of unbranched alkanes of at least 4 members (excludes halogenated alkanes) is 2. The smallest absolute Gasteiger partial charge is 0.184 e. The second kappa shape index (κ2) is 5.81. The zero-order valence-corrected chi connectivity index (χ0v) is 9.31. The normalized spacial score (nSPS) is 15.5. The summed E-state index contributed by atoms with van der Waals surface area (Å²) in [4.78, 5) is 0.490. The van der Waals surface area contributed by atoms with Crippen molar-refractivity contribution in [1.29, 1.82) is 0 Å². The van der Waals surface area contributed by atoms with Gasteiger partial charge in [-0.2, -0.15) is 8.42 Å². The molecular weight excluding hydrogens is 196 g/mol. The van der Waals surface area contributed by atoms with E-state index < -0.39 is 10.3 Å². The Balaban J connectivity index is 2.48. The number of rotatable bonds is 4. The zero-order valence-electron chi connectivity index (χ0n) is 8.49. The molecule has 0 saturated carbocycles. The zero-order chi connectivity index (χ0) is 10.4. The fraction of sp³-hybridized carbons (Fsp3) is 0.545. The first-order valence-corrected chi connectivity index (χ1v) is 6.13. The first kappa shape index (κ1) is 11.2. The Morgan fingerprint density at radius 1 is 1.29 bits per heavy atom. The average Bonchev–Trinajstić information content (AvgIpc) is 2.19. The van der Waals surface area contributed by atoms with Gasteiger partial charge in [-0.15, -0.1) is 0 Å². The van der Waals surface area contributed by atoms with Crippen LogP contribution >= 0.6 is 0 Å². The van der Waals surface area contributed by atoms with E-state index in [0.717, 1.165) is 6.42 Å². The van der Waals surface area contributed by atoms with Gasteiger partial charge in [-0.3, -0.25) is 0 Å². The fourth-order valence-electron chi connectivity index (χ4n) is 1.46. The van der Waals surface area contributed by atoms with Crippen LogP contribution < -0.4 is 0 Å². The molecule has 0 bridgehead atoms. The summed E-state index contributed by atoms with van der Waals surface area (Å²) < 4.78 is 21.2. The lowest BCUT2D eigenvalue weighted by Crippen LogP contribution is -1.98. The molecule has 0 aromatic rings. The second-order valence-electron chi connectivity index (χ2n) is 3.47. The molecule has 0 unspecified atom stereocenters. The van der Waals surface area contributed by atoms with Crippen LogP contribution in [0, 0.1) is 0 Å². The summed E-state index contributed by atoms with van der Waals surface area (Å²) in [5, 5.41) is 0. The highest BCUT2D eigenvalue weighted by atomic mass is 32.2. The van der Waals surface area contributed by atoms with Gasteiger partial charge in [-0.1, -0.05) is 37.5 Å². The summed E-state index contributed by atoms with van der Waals surface area (Å²) in [6, 6.07) is 0. The molecule has 0 radical (unpaired) electrons. The molecule has 1 aliphatic carbocycles. The highest BCUT2D eigenvalue weighted by Crippen LogP contribution is 2.15. The number of hydrogen-bond donors (Lipinski definition) is 0. The fourth-order valence-corrected chi connectivity index (χ4v) is 1.85. The summed E-state index contributed by atoms with van der Waals surface area (Å²) >= 11 is 0. The summed E-state index contributed by atoms with van der Waals surface area (Å²) in [7, 11) is -2.04. The molecule has 0 amide bonds. The van der Waals surface area contributed by atoms with E-state index in [0.29, 0.717) is 11.3 Å². The molecule has 2 nitrogen and oxygen atoms in total. The third kappa shape index (κ3) is 3.50. The molecule has 14 heavy (non-hydrogen) atoms. The lowest BCUT2D eigenvalue weighted by molar-refractivity contribution is 0.627. The van der Waals surface area contributed by atoms with E-state index in [1.807, 2.05) is 12.2 Å². The summed E-state index contributed by atoms with van der Waals surface area (Å²) in [5.41, 5.74) is 1.27. The number of hydrogen-bond acceptors (Lipinski definition) is 2. The third-order valence-electron chi connectivity index (χ3n) is 2.33. The van der Waals surface area contributed by atoms with E-state index >= 15 is 0 Å². The number of allylic oxidation sites excluding steroid dienone is 4. The van der Waals surface area contributed by atoms with Crippen molar-refractivity contribution in [2.45, 2.75) is 39.0 Å². The molecular formula is C11H16O2S. The summed E-state index contributed by atoms with van der Waals surface area (Å²) in [5.74, 6) is 0. The Hall–Kier alpha value is -0.830. The first-order valence-electron chi connectivity index (χ1n) is 5.06. The predicted octanol–water partition coefficient (Wildman–Crippen LogP) is 2.50. The van der Waals surface area contributed by atoms with Crippen molar-refractivity contribution in [1.82, 2.24) is 0 Å². The molecule has 0 atom stereocenters. The second-order valence-corrected chi connectivity index (χ2v) is 4.47. The maximum atomic E-state index is 10.6. The van der Waals surface area contributed by atoms with Gasteiger partial charge < -0.3 is 0 Å². The molecule has 0 aromatic carbocycles. The Labute approximate surface area is 86.9 Å². The minimum Gasteiger partial charge on any atom is -0.184 e. The van der Waals surface area contributed by atoms with E-state index in [4.69, 9.17) is 0 Å². The van der Waals surface area contributed by atoms with Gasteiger partial charge in [0.2, 0.25) is 10.3 Å². The SMILES string of the molecule is CCCCCC1=CCC(=S(=O)=O)C=C1. The van der Waals surface area contributed by atoms with Gasteiger partial charge in [0.1, 0.15) is 0 Å². The maximum absolute atomic E-state index is 10.6. The summed E-state index contributed by atoms with van der Waals surface area (Å²) in [6.45, 7) is 2.18. The van der Waals surface area contributed by atoms with Gasteiger partial charge in [0.25, 0.3) is 0 Å². The van der Waals surface area contributed by atoms with Crippen molar-refractivity contribution in [2.75, 3.05) is 0 Å². The van der Waals surface area contributed by atoms with Crippen LogP contribution in [0.1, 0.15) is 39.0 Å². The van der Waals surface area contributed by atoms with Gasteiger partial charge in [-0.25, -0.2) is 0 Å². The maximum Gasteiger partial charge on any atom is 0.217 e. The Bertz CT molecular complexity index is 364. The highest BCUT2D eigenvalue weighted by molar-refractivity contribution is 7.73. The van der Waals surface area contributed by atoms with E-state index in [9.17, 15) is 8.42 Å². The monoisotopic (exact) mass is 212 g/mol. The lowest BCUT2D eigenvalue weighted by Gasteiger charge is -2.06. The van der Waals surface area contributed by atoms with Gasteiger partial charge in [0, 0.05) is 6.42 Å². The molecule has 1 rings (SSSR count). The summed E-state index contributed by atoms with van der Waals surface area (Å²) in [6.07, 6.45) is 10.9. The van der Waals surface area contributed by atoms with E-state index in [1.54, 1.807) is 6.08 Å². The minimum atomic E-state index is -2.04. The molecule has 3 heteroatoms. The molecule has 0 N–H and O–H groups in total. The van der Waals surface area contributed by atoms with Crippen molar-refractivity contribution in [3.05, 3.63) is 23.8 Å². The average molecular weight is 212 g/mol. The third-order valence-corrected chi connectivity index (χ3v) is 3.06. The Kier molecular flexibility index (Phi) is 4.66. The van der Waals surface area contributed by atoms with Crippen LogP contribution in [0.3, 0.4) is 0 Å². The quantitative estimate of drug-likeness (QED) is 0.530. The van der Waals surface area contributed by atoms with Gasteiger partial charge in [0.15, 0.2) is 0 Å². The molecule has 0 heterocycles. The molecule has 0 saturated heterocycles. The molecule has 0 fully saturated rings. The van der Waals surface area contributed by atoms with E-state index in [2.05, 4.69) is 6.92 Å². The predicted molar refractivity (Wildman–Crippen MR) is 59.9 cm³/mol. The van der Waals surface area contributed by atoms with E-state index in [-0.39, 0.29) is 0 Å². The van der Waals surface area contributed by atoms with Crippen molar-refractivity contribution >= 4 is 15.2 Å². The minimum absolute atomic E-state index is 0.490. The van der Waals surface area contributed by atoms with Crippen LogP contribution in [0.4, 0.5) is 0 Å². The van der Waals surface area contributed by atoms with Gasteiger partial charge in [-0.05, 0) is 18.9 Å². The van der Waals surface area contributed by atoms with Crippen molar-refractivity contribution in [3.8, 4) is 0 Å². The Morgan fingerprint density at radius 2 is 2.07 bits per heavy atom. The van der Waals surface area contributed by atoms with Crippen LogP contribution in [-0.4, -0.2) is 13.3 Å². The van der Waals surface area contributed by atoms with Crippen LogP contribution in [-0.2, 0) is 10.3 Å². The van der Waals surface area contributed by atoms with Crippen molar-refractivity contribution < 1.29 is 8.42 Å². The topological polar surface area (TPSA) is 34.1 Å². The standard InChI is InChI=1S/C11H16O2S/c1-2-3-4-5-10-6-8-11(9-7-10)14(12)13/h6-8H,2-5,9H2,1H3. The van der Waals surface area contributed by atoms with Crippen LogP contribution in [0.2, 0.25) is 0 Å². The molecule has 78 valence electrons. The van der Waals surface area contributed by atoms with Gasteiger partial charge in [0.05, 0.1) is 4.86 Å². The largest absolute Gasteiger partial charge is 0.217 e. The Morgan fingerprint density at radius 3 is 2.57 bits per heavy atom. The molecule has 0 aromatic heterocycles. The molecule has 0 spiro atoms. The molecule has 1 aliphatic rings. The highest BCUT2D eigenvalue weighted by Gasteiger charge is 2.03. The lowest BCUT2D eigenvalue weighted by atomic mass is 10.0. The van der Waals surface area contributed by atoms with Crippen molar-refractivity contribution in [3.63, 3.8) is 0 Å². The molecule has 0 aliphatic heterocycles. The first-order chi connectivity index (χ1) is 6.74.